The molecule has 0 saturated carbocycles. The van der Waals surface area contributed by atoms with Crippen molar-refractivity contribution in [2.24, 2.45) is 5.92 Å². The van der Waals surface area contributed by atoms with Crippen LogP contribution >= 0.6 is 0 Å². The summed E-state index contributed by atoms with van der Waals surface area (Å²) in [5.74, 6) is 0.755. The largest absolute Gasteiger partial charge is 0.374 e. The number of pyridine rings is 1. The second-order valence-electron chi connectivity index (χ2n) is 5.14. The minimum atomic E-state index is 0.489. The third-order valence-electron chi connectivity index (χ3n) is 3.67. The van der Waals surface area contributed by atoms with E-state index in [2.05, 4.69) is 34.9 Å². The van der Waals surface area contributed by atoms with E-state index >= 15 is 0 Å². The third-order valence-corrected chi connectivity index (χ3v) is 3.67. The van der Waals surface area contributed by atoms with Crippen LogP contribution in [0, 0.1) is 17.2 Å². The van der Waals surface area contributed by atoms with Gasteiger partial charge in [-0.2, -0.15) is 5.26 Å². The summed E-state index contributed by atoms with van der Waals surface area (Å²) >= 11 is 0. The molecule has 2 rings (SSSR count). The van der Waals surface area contributed by atoms with E-state index in [1.807, 2.05) is 12.1 Å². The van der Waals surface area contributed by atoms with E-state index in [1.165, 1.54) is 25.9 Å². The minimum absolute atomic E-state index is 0.489. The normalized spacial score (nSPS) is 17.4. The topological polar surface area (TPSA) is 43.2 Å². The summed E-state index contributed by atoms with van der Waals surface area (Å²) in [7, 11) is 4.27. The molecular weight excluding hydrogens is 224 g/mol. The van der Waals surface area contributed by atoms with Crippen LogP contribution in [0.25, 0.3) is 0 Å². The van der Waals surface area contributed by atoms with Gasteiger partial charge in [0.2, 0.25) is 0 Å². The Morgan fingerprint density at radius 2 is 2.22 bits per heavy atom. The molecular formula is C14H20N4. The fraction of sp³-hybridized carbons (Fsp3) is 0.571. The van der Waals surface area contributed by atoms with Gasteiger partial charge in [-0.1, -0.05) is 0 Å². The first-order chi connectivity index (χ1) is 8.69. The first-order valence-corrected chi connectivity index (χ1v) is 6.45. The first-order valence-electron chi connectivity index (χ1n) is 6.45. The van der Waals surface area contributed by atoms with Gasteiger partial charge in [-0.3, -0.25) is 0 Å². The summed E-state index contributed by atoms with van der Waals surface area (Å²) in [5.41, 5.74) is 1.57. The molecule has 0 N–H and O–H groups in total. The molecule has 1 aliphatic heterocycles. The maximum absolute atomic E-state index is 8.86. The minimum Gasteiger partial charge on any atom is -0.374 e. The average molecular weight is 244 g/mol. The molecule has 1 fully saturated rings. The molecule has 0 aliphatic carbocycles. The van der Waals surface area contributed by atoms with Crippen LogP contribution in [0.5, 0.6) is 0 Å². The molecule has 0 spiro atoms. The van der Waals surface area contributed by atoms with E-state index in [1.54, 1.807) is 6.20 Å². The van der Waals surface area contributed by atoms with Gasteiger partial charge in [-0.15, -0.1) is 0 Å². The number of hydrogen-bond donors (Lipinski definition) is 0. The maximum atomic E-state index is 8.86. The van der Waals surface area contributed by atoms with Gasteiger partial charge in [0.15, 0.2) is 0 Å². The van der Waals surface area contributed by atoms with Crippen molar-refractivity contribution in [3.05, 3.63) is 24.0 Å². The summed E-state index contributed by atoms with van der Waals surface area (Å²) in [5, 5.41) is 8.86. The van der Waals surface area contributed by atoms with Crippen LogP contribution in [0.15, 0.2) is 18.3 Å². The summed E-state index contributed by atoms with van der Waals surface area (Å²) in [6, 6.07) is 5.91. The molecule has 0 amide bonds. The zero-order valence-electron chi connectivity index (χ0n) is 11.1. The Bertz CT molecular complexity index is 430. The monoisotopic (exact) mass is 244 g/mol. The number of aromatic nitrogens is 1. The lowest BCUT2D eigenvalue weighted by Crippen LogP contribution is -2.35. The molecule has 0 unspecified atom stereocenters. The molecule has 2 heterocycles. The van der Waals surface area contributed by atoms with E-state index in [-0.39, 0.29) is 0 Å². The zero-order chi connectivity index (χ0) is 13.0. The lowest BCUT2D eigenvalue weighted by atomic mass is 9.96. The Morgan fingerprint density at radius 3 is 2.89 bits per heavy atom. The van der Waals surface area contributed by atoms with E-state index < -0.39 is 0 Å². The highest BCUT2D eigenvalue weighted by Crippen LogP contribution is 2.20. The van der Waals surface area contributed by atoms with Crippen molar-refractivity contribution in [3.63, 3.8) is 0 Å². The van der Waals surface area contributed by atoms with Gasteiger partial charge in [0.05, 0.1) is 0 Å². The number of nitriles is 1. The van der Waals surface area contributed by atoms with Crippen molar-refractivity contribution in [2.45, 2.75) is 12.8 Å². The van der Waals surface area contributed by atoms with Crippen molar-refractivity contribution in [2.75, 3.05) is 38.6 Å². The van der Waals surface area contributed by atoms with Crippen LogP contribution in [0.3, 0.4) is 0 Å². The quantitative estimate of drug-likeness (QED) is 0.812. The predicted octanol–water partition coefficient (Wildman–Crippen LogP) is 1.73. The van der Waals surface area contributed by atoms with Crippen molar-refractivity contribution in [1.82, 2.24) is 9.88 Å². The molecule has 1 aromatic rings. The van der Waals surface area contributed by atoms with Crippen molar-refractivity contribution < 1.29 is 0 Å². The summed E-state index contributed by atoms with van der Waals surface area (Å²) in [6.45, 7) is 3.44. The van der Waals surface area contributed by atoms with Crippen molar-refractivity contribution in [1.29, 1.82) is 5.26 Å². The smallest absolute Gasteiger partial charge is 0.142 e. The molecule has 0 atom stereocenters. The molecule has 18 heavy (non-hydrogen) atoms. The standard InChI is InChI=1S/C14H20N4/c1-17-7-4-12(5-8-17)11-18(2)14-3-6-16-13(9-14)10-15/h3,6,9,12H,4-5,7-8,11H2,1-2H3. The molecule has 96 valence electrons. The van der Waals surface area contributed by atoms with Crippen LogP contribution in [0.1, 0.15) is 18.5 Å². The Balaban J connectivity index is 1.95. The van der Waals surface area contributed by atoms with Gasteiger partial charge >= 0.3 is 0 Å². The molecule has 4 nitrogen and oxygen atoms in total. The number of anilines is 1. The zero-order valence-corrected chi connectivity index (χ0v) is 11.1. The Morgan fingerprint density at radius 1 is 1.50 bits per heavy atom. The highest BCUT2D eigenvalue weighted by molar-refractivity contribution is 5.48. The molecule has 1 aromatic heterocycles. The third kappa shape index (κ3) is 3.21. The second kappa shape index (κ2) is 5.83. The summed E-state index contributed by atoms with van der Waals surface area (Å²) in [6.07, 6.45) is 4.23. The van der Waals surface area contributed by atoms with Gasteiger partial charge in [0.1, 0.15) is 11.8 Å². The Kier molecular flexibility index (Phi) is 4.16. The van der Waals surface area contributed by atoms with E-state index in [4.69, 9.17) is 5.26 Å². The first kappa shape index (κ1) is 12.8. The van der Waals surface area contributed by atoms with Crippen LogP contribution < -0.4 is 4.90 Å². The van der Waals surface area contributed by atoms with Gasteiger partial charge in [0, 0.05) is 25.5 Å². The fourth-order valence-corrected chi connectivity index (χ4v) is 2.46. The van der Waals surface area contributed by atoms with Gasteiger partial charge in [-0.05, 0) is 51.0 Å². The van der Waals surface area contributed by atoms with E-state index in [9.17, 15) is 0 Å². The van der Waals surface area contributed by atoms with Crippen LogP contribution in [-0.4, -0.2) is 43.6 Å². The lowest BCUT2D eigenvalue weighted by Gasteiger charge is -2.32. The number of nitrogens with zero attached hydrogens (tertiary/aromatic N) is 4. The average Bonchev–Trinajstić information content (AvgIpc) is 2.41. The van der Waals surface area contributed by atoms with Crippen LogP contribution in [0.2, 0.25) is 0 Å². The Hall–Kier alpha value is -1.60. The second-order valence-corrected chi connectivity index (χ2v) is 5.14. The molecule has 4 heteroatoms. The SMILES string of the molecule is CN1CCC(CN(C)c2ccnc(C#N)c2)CC1. The van der Waals surface area contributed by atoms with Gasteiger partial charge < -0.3 is 9.80 Å². The van der Waals surface area contributed by atoms with Gasteiger partial charge in [0.25, 0.3) is 0 Å². The number of piperidine rings is 1. The maximum Gasteiger partial charge on any atom is 0.142 e. The lowest BCUT2D eigenvalue weighted by molar-refractivity contribution is 0.222. The van der Waals surface area contributed by atoms with E-state index in [0.717, 1.165) is 18.2 Å². The van der Waals surface area contributed by atoms with Crippen LogP contribution in [-0.2, 0) is 0 Å². The molecule has 0 radical (unpaired) electrons. The highest BCUT2D eigenvalue weighted by atomic mass is 15.1. The highest BCUT2D eigenvalue weighted by Gasteiger charge is 2.18. The summed E-state index contributed by atoms with van der Waals surface area (Å²) in [4.78, 5) is 8.62. The predicted molar refractivity (Wildman–Crippen MR) is 72.4 cm³/mol. The molecule has 1 saturated heterocycles. The summed E-state index contributed by atoms with van der Waals surface area (Å²) < 4.78 is 0. The van der Waals surface area contributed by atoms with Gasteiger partial charge in [-0.25, -0.2) is 4.98 Å². The van der Waals surface area contributed by atoms with Crippen molar-refractivity contribution >= 4 is 5.69 Å². The van der Waals surface area contributed by atoms with Crippen LogP contribution in [0.4, 0.5) is 5.69 Å². The number of hydrogen-bond acceptors (Lipinski definition) is 4. The number of rotatable bonds is 3. The molecule has 0 bridgehead atoms. The fourth-order valence-electron chi connectivity index (χ4n) is 2.46. The Labute approximate surface area is 109 Å². The molecule has 0 aromatic carbocycles. The number of likely N-dealkylation sites (tertiary alicyclic amines) is 1. The van der Waals surface area contributed by atoms with E-state index in [0.29, 0.717) is 5.69 Å². The van der Waals surface area contributed by atoms with Crippen molar-refractivity contribution in [3.8, 4) is 6.07 Å². The molecule has 1 aliphatic rings.